The minimum absolute atomic E-state index is 0.199. The first-order valence-corrected chi connectivity index (χ1v) is 10.8. The van der Waals surface area contributed by atoms with Gasteiger partial charge in [-0.3, -0.25) is 14.5 Å². The smallest absolute Gasteiger partial charge is 0.161 e. The van der Waals surface area contributed by atoms with Crippen molar-refractivity contribution >= 4 is 0 Å². The maximum atomic E-state index is 10.5. The van der Waals surface area contributed by atoms with Gasteiger partial charge >= 0.3 is 0 Å². The molecule has 0 aliphatic rings. The molecule has 172 valence electrons. The lowest BCUT2D eigenvalue weighted by atomic mass is 10.2. The standard InChI is InChI=1S/C25H34N4O3/c1-27(16-22-13-26-29(3)17-22)15-21-10-11-24(31-4)25(12-21)32-19-23(30)18-28(2)14-20-8-6-5-7-9-20/h5-13,17,23,30H,14-16,18-19H2,1-4H3. The van der Waals surface area contributed by atoms with E-state index in [9.17, 15) is 5.11 Å². The second-order valence-corrected chi connectivity index (χ2v) is 8.33. The number of hydrogen-bond acceptors (Lipinski definition) is 6. The summed E-state index contributed by atoms with van der Waals surface area (Å²) in [6.45, 7) is 3.06. The summed E-state index contributed by atoms with van der Waals surface area (Å²) in [6, 6.07) is 16.2. The van der Waals surface area contributed by atoms with Crippen LogP contribution in [-0.4, -0.2) is 65.1 Å². The molecule has 7 heteroatoms. The van der Waals surface area contributed by atoms with E-state index in [1.54, 1.807) is 7.11 Å². The van der Waals surface area contributed by atoms with Crippen molar-refractivity contribution in [3.05, 3.63) is 77.6 Å². The summed E-state index contributed by atoms with van der Waals surface area (Å²) in [6.07, 6.45) is 3.30. The Bertz CT molecular complexity index is 961. The van der Waals surface area contributed by atoms with Crippen LogP contribution < -0.4 is 9.47 Å². The Morgan fingerprint density at radius 1 is 0.938 bits per heavy atom. The minimum Gasteiger partial charge on any atom is -0.493 e. The van der Waals surface area contributed by atoms with E-state index in [0.29, 0.717) is 18.0 Å². The Kier molecular flexibility index (Phi) is 8.67. The molecule has 1 atom stereocenters. The fourth-order valence-corrected chi connectivity index (χ4v) is 3.72. The Hall–Kier alpha value is -2.87. The van der Waals surface area contributed by atoms with Gasteiger partial charge in [-0.25, -0.2) is 0 Å². The van der Waals surface area contributed by atoms with Gasteiger partial charge in [0.05, 0.1) is 13.3 Å². The summed E-state index contributed by atoms with van der Waals surface area (Å²) in [4.78, 5) is 4.31. The van der Waals surface area contributed by atoms with Crippen LogP contribution >= 0.6 is 0 Å². The summed E-state index contributed by atoms with van der Waals surface area (Å²) in [5.74, 6) is 1.30. The van der Waals surface area contributed by atoms with Crippen LogP contribution in [0.3, 0.4) is 0 Å². The molecule has 0 radical (unpaired) electrons. The van der Waals surface area contributed by atoms with E-state index in [1.807, 2.05) is 67.6 Å². The van der Waals surface area contributed by atoms with Crippen LogP contribution in [0.5, 0.6) is 11.5 Å². The number of ether oxygens (including phenoxy) is 2. The lowest BCUT2D eigenvalue weighted by molar-refractivity contribution is 0.0732. The second-order valence-electron chi connectivity index (χ2n) is 8.33. The second kappa shape index (κ2) is 11.7. The molecular formula is C25H34N4O3. The molecule has 2 aromatic carbocycles. The Morgan fingerprint density at radius 3 is 2.34 bits per heavy atom. The zero-order valence-corrected chi connectivity index (χ0v) is 19.4. The van der Waals surface area contributed by atoms with Gasteiger partial charge in [-0.15, -0.1) is 0 Å². The number of aryl methyl sites for hydroxylation is 1. The normalized spacial score (nSPS) is 12.3. The third-order valence-electron chi connectivity index (χ3n) is 5.14. The number of aliphatic hydroxyl groups is 1. The summed E-state index contributed by atoms with van der Waals surface area (Å²) in [7, 11) is 7.62. The Balaban J connectivity index is 1.53. The van der Waals surface area contributed by atoms with Crippen molar-refractivity contribution in [2.75, 3.05) is 34.4 Å². The maximum Gasteiger partial charge on any atom is 0.161 e. The number of aromatic nitrogens is 2. The third kappa shape index (κ3) is 7.37. The number of aliphatic hydroxyl groups excluding tert-OH is 1. The molecule has 0 fully saturated rings. The molecule has 0 saturated carbocycles. The SMILES string of the molecule is COc1ccc(CN(C)Cc2cnn(C)c2)cc1OCC(O)CN(C)Cc1ccccc1. The highest BCUT2D eigenvalue weighted by Crippen LogP contribution is 2.29. The van der Waals surface area contributed by atoms with E-state index in [1.165, 1.54) is 11.1 Å². The lowest BCUT2D eigenvalue weighted by Gasteiger charge is -2.22. The van der Waals surface area contributed by atoms with E-state index in [0.717, 1.165) is 25.2 Å². The fraction of sp³-hybridized carbons (Fsp3) is 0.400. The fourth-order valence-electron chi connectivity index (χ4n) is 3.72. The molecule has 0 aliphatic carbocycles. The van der Waals surface area contributed by atoms with Gasteiger partial charge in [0.25, 0.3) is 0 Å². The maximum absolute atomic E-state index is 10.5. The van der Waals surface area contributed by atoms with Crippen LogP contribution in [0.25, 0.3) is 0 Å². The van der Waals surface area contributed by atoms with Gasteiger partial charge in [-0.1, -0.05) is 36.4 Å². The van der Waals surface area contributed by atoms with Crippen molar-refractivity contribution in [3.8, 4) is 11.5 Å². The molecule has 0 saturated heterocycles. The van der Waals surface area contributed by atoms with Crippen molar-refractivity contribution in [2.45, 2.75) is 25.7 Å². The zero-order chi connectivity index (χ0) is 22.9. The minimum atomic E-state index is -0.606. The third-order valence-corrected chi connectivity index (χ3v) is 5.14. The molecule has 1 unspecified atom stereocenters. The average molecular weight is 439 g/mol. The Labute approximate surface area is 190 Å². The van der Waals surface area contributed by atoms with Gasteiger partial charge in [0, 0.05) is 45.0 Å². The predicted molar refractivity (Wildman–Crippen MR) is 126 cm³/mol. The first kappa shape index (κ1) is 23.8. The van der Waals surface area contributed by atoms with Gasteiger partial charge in [0.15, 0.2) is 11.5 Å². The first-order valence-electron chi connectivity index (χ1n) is 10.8. The Morgan fingerprint density at radius 2 is 1.66 bits per heavy atom. The molecule has 0 spiro atoms. The first-order chi connectivity index (χ1) is 15.4. The largest absolute Gasteiger partial charge is 0.493 e. The van der Waals surface area contributed by atoms with Crippen LogP contribution in [-0.2, 0) is 26.7 Å². The van der Waals surface area contributed by atoms with Crippen molar-refractivity contribution in [1.29, 1.82) is 0 Å². The highest BCUT2D eigenvalue weighted by molar-refractivity contribution is 5.43. The molecule has 0 aliphatic heterocycles. The topological polar surface area (TPSA) is 63.0 Å². The monoisotopic (exact) mass is 438 g/mol. The highest BCUT2D eigenvalue weighted by Gasteiger charge is 2.13. The lowest BCUT2D eigenvalue weighted by Crippen LogP contribution is -2.32. The number of rotatable bonds is 12. The van der Waals surface area contributed by atoms with Crippen LogP contribution in [0.2, 0.25) is 0 Å². The number of benzene rings is 2. The van der Waals surface area contributed by atoms with E-state index in [-0.39, 0.29) is 6.61 Å². The number of hydrogen-bond donors (Lipinski definition) is 1. The molecule has 1 heterocycles. The molecule has 0 bridgehead atoms. The summed E-state index contributed by atoms with van der Waals surface area (Å²) >= 11 is 0. The van der Waals surface area contributed by atoms with Crippen molar-refractivity contribution in [2.24, 2.45) is 7.05 Å². The highest BCUT2D eigenvalue weighted by atomic mass is 16.5. The molecule has 1 aromatic heterocycles. The molecule has 3 rings (SSSR count). The van der Waals surface area contributed by atoms with Gasteiger partial charge in [0.1, 0.15) is 12.7 Å². The quantitative estimate of drug-likeness (QED) is 0.469. The molecular weight excluding hydrogens is 404 g/mol. The molecule has 7 nitrogen and oxygen atoms in total. The van der Waals surface area contributed by atoms with Crippen molar-refractivity contribution in [1.82, 2.24) is 19.6 Å². The van der Waals surface area contributed by atoms with Gasteiger partial charge in [0.2, 0.25) is 0 Å². The van der Waals surface area contributed by atoms with Gasteiger partial charge in [-0.05, 0) is 37.4 Å². The van der Waals surface area contributed by atoms with E-state index in [4.69, 9.17) is 9.47 Å². The summed E-state index contributed by atoms with van der Waals surface area (Å²) in [5.41, 5.74) is 3.50. The number of methoxy groups -OCH3 is 1. The molecule has 3 aromatic rings. The summed E-state index contributed by atoms with van der Waals surface area (Å²) < 4.78 is 13.2. The zero-order valence-electron chi connectivity index (χ0n) is 19.4. The van der Waals surface area contributed by atoms with Crippen LogP contribution in [0.1, 0.15) is 16.7 Å². The van der Waals surface area contributed by atoms with Crippen LogP contribution in [0, 0.1) is 0 Å². The van der Waals surface area contributed by atoms with Crippen LogP contribution in [0.4, 0.5) is 0 Å². The van der Waals surface area contributed by atoms with E-state index < -0.39 is 6.10 Å². The van der Waals surface area contributed by atoms with E-state index in [2.05, 4.69) is 34.1 Å². The van der Waals surface area contributed by atoms with Crippen molar-refractivity contribution in [3.63, 3.8) is 0 Å². The van der Waals surface area contributed by atoms with Crippen molar-refractivity contribution < 1.29 is 14.6 Å². The number of likely N-dealkylation sites (N-methyl/N-ethyl adjacent to an activating group) is 1. The molecule has 32 heavy (non-hydrogen) atoms. The number of nitrogens with zero attached hydrogens (tertiary/aromatic N) is 4. The predicted octanol–water partition coefficient (Wildman–Crippen LogP) is 2.93. The van der Waals surface area contributed by atoms with Crippen LogP contribution in [0.15, 0.2) is 60.9 Å². The summed E-state index contributed by atoms with van der Waals surface area (Å²) in [5, 5.41) is 14.7. The van der Waals surface area contributed by atoms with Gasteiger partial charge < -0.3 is 14.6 Å². The van der Waals surface area contributed by atoms with Gasteiger partial charge in [-0.2, -0.15) is 5.10 Å². The molecule has 0 amide bonds. The molecule has 1 N–H and O–H groups in total. The van der Waals surface area contributed by atoms with E-state index >= 15 is 0 Å². The average Bonchev–Trinajstić information content (AvgIpc) is 3.17.